The highest BCUT2D eigenvalue weighted by Crippen LogP contribution is 2.35. The third kappa shape index (κ3) is 6.45. The Hall–Kier alpha value is -3.48. The predicted molar refractivity (Wildman–Crippen MR) is 166 cm³/mol. The maximum Gasteiger partial charge on any atom is 0.231 e. The number of unbranched alkanes of at least 4 members (excludes halogenated alkanes) is 1. The number of aromatic nitrogens is 2. The zero-order valence-electron chi connectivity index (χ0n) is 23.8. The minimum Gasteiger partial charge on any atom is -0.454 e. The fourth-order valence-electron chi connectivity index (χ4n) is 5.17. The third-order valence-electron chi connectivity index (χ3n) is 7.37. The van der Waals surface area contributed by atoms with E-state index < -0.39 is 0 Å². The molecule has 0 saturated carbocycles. The van der Waals surface area contributed by atoms with Crippen molar-refractivity contribution >= 4 is 11.8 Å². The Morgan fingerprint density at radius 1 is 1.00 bits per heavy atom. The molecule has 6 heteroatoms. The van der Waals surface area contributed by atoms with E-state index in [2.05, 4.69) is 103 Å². The molecule has 0 bridgehead atoms. The van der Waals surface area contributed by atoms with E-state index in [1.165, 1.54) is 16.2 Å². The van der Waals surface area contributed by atoms with Crippen LogP contribution in [0.15, 0.2) is 90.3 Å². The van der Waals surface area contributed by atoms with E-state index in [4.69, 9.17) is 14.5 Å². The van der Waals surface area contributed by atoms with Gasteiger partial charge in [-0.05, 0) is 48.4 Å². The van der Waals surface area contributed by atoms with Crippen LogP contribution in [0.4, 0.5) is 0 Å². The molecule has 0 radical (unpaired) electrons. The van der Waals surface area contributed by atoms with Crippen LogP contribution in [0.2, 0.25) is 0 Å². The Kier molecular flexibility index (Phi) is 9.30. The van der Waals surface area contributed by atoms with E-state index in [1.54, 1.807) is 11.8 Å². The number of rotatable bonds is 13. The van der Waals surface area contributed by atoms with Gasteiger partial charge >= 0.3 is 0 Å². The molecule has 0 aliphatic carbocycles. The smallest absolute Gasteiger partial charge is 0.231 e. The van der Waals surface area contributed by atoms with Crippen molar-refractivity contribution in [3.05, 3.63) is 96.7 Å². The van der Waals surface area contributed by atoms with Crippen molar-refractivity contribution < 1.29 is 9.47 Å². The van der Waals surface area contributed by atoms with Gasteiger partial charge < -0.3 is 14.0 Å². The minimum absolute atomic E-state index is 0.285. The van der Waals surface area contributed by atoms with Gasteiger partial charge in [-0.15, -0.1) is 18.3 Å². The molecule has 3 aromatic carbocycles. The summed E-state index contributed by atoms with van der Waals surface area (Å²) in [6, 6.07) is 25.7. The number of benzene rings is 3. The van der Waals surface area contributed by atoms with Crippen LogP contribution in [0.25, 0.3) is 22.6 Å². The normalized spacial score (nSPS) is 13.1. The SMILES string of the molecule is C=CC(C)CN(Cc1ccc2c(c1)OCO2)Cc1c(-c2ccc(SC)cc2)nc(-c2ccccc2)n1CCCC. The van der Waals surface area contributed by atoms with Gasteiger partial charge in [-0.1, -0.05) is 74.9 Å². The molecule has 2 heterocycles. The number of nitrogens with zero attached hydrogens (tertiary/aromatic N) is 3. The van der Waals surface area contributed by atoms with E-state index in [0.29, 0.717) is 5.92 Å². The maximum absolute atomic E-state index is 5.68. The molecule has 208 valence electrons. The molecular weight excluding hydrogens is 514 g/mol. The summed E-state index contributed by atoms with van der Waals surface area (Å²) in [7, 11) is 0. The van der Waals surface area contributed by atoms with Gasteiger partial charge in [-0.3, -0.25) is 4.90 Å². The zero-order valence-corrected chi connectivity index (χ0v) is 24.6. The van der Waals surface area contributed by atoms with E-state index in [9.17, 15) is 0 Å². The average molecular weight is 554 g/mol. The molecule has 0 N–H and O–H groups in total. The summed E-state index contributed by atoms with van der Waals surface area (Å²) in [5, 5.41) is 0. The van der Waals surface area contributed by atoms with Crippen molar-refractivity contribution in [2.45, 2.75) is 51.2 Å². The van der Waals surface area contributed by atoms with Crippen LogP contribution in [-0.4, -0.2) is 34.0 Å². The molecule has 1 unspecified atom stereocenters. The summed E-state index contributed by atoms with van der Waals surface area (Å²) in [6.07, 6.45) is 6.37. The van der Waals surface area contributed by atoms with Crippen molar-refractivity contribution in [2.75, 3.05) is 19.6 Å². The Labute approximate surface area is 242 Å². The van der Waals surface area contributed by atoms with Crippen LogP contribution in [0, 0.1) is 5.92 Å². The highest BCUT2D eigenvalue weighted by atomic mass is 32.2. The molecule has 0 amide bonds. The van der Waals surface area contributed by atoms with Crippen molar-refractivity contribution in [3.63, 3.8) is 0 Å². The summed E-state index contributed by atoms with van der Waals surface area (Å²) in [4.78, 5) is 9.10. The van der Waals surface area contributed by atoms with E-state index in [1.807, 2.05) is 12.1 Å². The van der Waals surface area contributed by atoms with Gasteiger partial charge in [0.05, 0.1) is 11.4 Å². The number of hydrogen-bond donors (Lipinski definition) is 0. The lowest BCUT2D eigenvalue weighted by molar-refractivity contribution is 0.174. The first-order valence-corrected chi connectivity index (χ1v) is 15.3. The second kappa shape index (κ2) is 13.2. The van der Waals surface area contributed by atoms with Crippen LogP contribution >= 0.6 is 11.8 Å². The second-order valence-corrected chi connectivity index (χ2v) is 11.3. The van der Waals surface area contributed by atoms with Crippen molar-refractivity contribution in [3.8, 4) is 34.1 Å². The number of thioether (sulfide) groups is 1. The Morgan fingerprint density at radius 3 is 2.50 bits per heavy atom. The summed E-state index contributed by atoms with van der Waals surface area (Å²) >= 11 is 1.76. The van der Waals surface area contributed by atoms with Gasteiger partial charge in [0.1, 0.15) is 5.82 Å². The lowest BCUT2D eigenvalue weighted by Gasteiger charge is -2.26. The molecule has 1 aromatic heterocycles. The zero-order chi connectivity index (χ0) is 27.9. The van der Waals surface area contributed by atoms with Crippen LogP contribution in [0.5, 0.6) is 11.5 Å². The van der Waals surface area contributed by atoms with E-state index in [-0.39, 0.29) is 6.79 Å². The number of fused-ring (bicyclic) bond motifs is 1. The van der Waals surface area contributed by atoms with E-state index in [0.717, 1.165) is 73.2 Å². The molecule has 5 rings (SSSR count). The third-order valence-corrected chi connectivity index (χ3v) is 8.11. The van der Waals surface area contributed by atoms with Crippen LogP contribution in [0.3, 0.4) is 0 Å². The molecule has 40 heavy (non-hydrogen) atoms. The van der Waals surface area contributed by atoms with Gasteiger partial charge in [-0.25, -0.2) is 4.98 Å². The Morgan fingerprint density at radius 2 is 1.77 bits per heavy atom. The largest absolute Gasteiger partial charge is 0.454 e. The predicted octanol–water partition coefficient (Wildman–Crippen LogP) is 8.29. The van der Waals surface area contributed by atoms with Gasteiger partial charge in [0.2, 0.25) is 6.79 Å². The molecule has 0 spiro atoms. The topological polar surface area (TPSA) is 39.5 Å². The lowest BCUT2D eigenvalue weighted by Crippen LogP contribution is -2.28. The molecule has 1 aliphatic heterocycles. The first-order chi connectivity index (χ1) is 19.6. The van der Waals surface area contributed by atoms with Crippen LogP contribution in [0.1, 0.15) is 37.9 Å². The highest BCUT2D eigenvalue weighted by molar-refractivity contribution is 7.98. The molecule has 0 fully saturated rings. The second-order valence-electron chi connectivity index (χ2n) is 10.4. The molecule has 5 nitrogen and oxygen atoms in total. The molecule has 0 saturated heterocycles. The molecule has 1 aliphatic rings. The quantitative estimate of drug-likeness (QED) is 0.123. The first kappa shape index (κ1) is 28.1. The van der Waals surface area contributed by atoms with Gasteiger partial charge in [0, 0.05) is 42.2 Å². The van der Waals surface area contributed by atoms with Crippen molar-refractivity contribution in [1.82, 2.24) is 14.5 Å². The Bertz CT molecular complexity index is 1420. The van der Waals surface area contributed by atoms with Gasteiger partial charge in [0.25, 0.3) is 0 Å². The minimum atomic E-state index is 0.285. The monoisotopic (exact) mass is 553 g/mol. The standard InChI is InChI=1S/C34H39N3O2S/c1-5-7-19-37-30(23-36(21-25(3)6-2)22-26-13-18-31-32(20-26)39-24-38-31)33(27-14-16-29(40-4)17-15-27)35-34(37)28-11-9-8-10-12-28/h6,8-18,20,25H,2,5,7,19,21-24H2,1,3-4H3. The molecular formula is C34H39N3O2S. The van der Waals surface area contributed by atoms with Gasteiger partial charge in [-0.2, -0.15) is 0 Å². The van der Waals surface area contributed by atoms with E-state index >= 15 is 0 Å². The highest BCUT2D eigenvalue weighted by Gasteiger charge is 2.23. The fourth-order valence-corrected chi connectivity index (χ4v) is 5.58. The summed E-state index contributed by atoms with van der Waals surface area (Å²) < 4.78 is 13.7. The average Bonchev–Trinajstić information content (AvgIpc) is 3.60. The van der Waals surface area contributed by atoms with Crippen molar-refractivity contribution in [2.24, 2.45) is 5.92 Å². The van der Waals surface area contributed by atoms with Crippen molar-refractivity contribution in [1.29, 1.82) is 0 Å². The van der Waals surface area contributed by atoms with Crippen LogP contribution in [-0.2, 0) is 19.6 Å². The summed E-state index contributed by atoms with van der Waals surface area (Å²) in [5.74, 6) is 3.02. The molecule has 1 atom stereocenters. The first-order valence-electron chi connectivity index (χ1n) is 14.1. The molecule has 4 aromatic rings. The fraction of sp³-hybridized carbons (Fsp3) is 0.324. The Balaban J connectivity index is 1.58. The summed E-state index contributed by atoms with van der Waals surface area (Å²) in [6.45, 7) is 12.2. The number of imidazole rings is 1. The maximum atomic E-state index is 5.68. The lowest BCUT2D eigenvalue weighted by atomic mass is 10.1. The summed E-state index contributed by atoms with van der Waals surface area (Å²) in [5.41, 5.74) is 5.81. The van der Waals surface area contributed by atoms with Gasteiger partial charge in [0.15, 0.2) is 11.5 Å². The number of hydrogen-bond acceptors (Lipinski definition) is 5. The number of ether oxygens (including phenoxy) is 2. The van der Waals surface area contributed by atoms with Crippen LogP contribution < -0.4 is 9.47 Å².